The molecule has 1 aliphatic rings. The van der Waals surface area contributed by atoms with Gasteiger partial charge in [-0.15, -0.1) is 0 Å². The predicted octanol–water partition coefficient (Wildman–Crippen LogP) is 0.208. The van der Waals surface area contributed by atoms with E-state index in [-0.39, 0.29) is 17.6 Å². The van der Waals surface area contributed by atoms with E-state index < -0.39 is 12.0 Å². The van der Waals surface area contributed by atoms with Crippen molar-refractivity contribution in [3.05, 3.63) is 0 Å². The second-order valence-electron chi connectivity index (χ2n) is 4.35. The third-order valence-corrected chi connectivity index (χ3v) is 3.04. The fourth-order valence-corrected chi connectivity index (χ4v) is 1.56. The molecule has 3 unspecified atom stereocenters. The van der Waals surface area contributed by atoms with Gasteiger partial charge in [-0.1, -0.05) is 13.8 Å². The van der Waals surface area contributed by atoms with Crippen LogP contribution in [0.5, 0.6) is 0 Å². The van der Waals surface area contributed by atoms with Gasteiger partial charge in [-0.05, 0) is 13.3 Å². The van der Waals surface area contributed by atoms with Crippen LogP contribution in [0.2, 0.25) is 0 Å². The van der Waals surface area contributed by atoms with Crippen LogP contribution in [-0.2, 0) is 4.79 Å². The molecule has 0 radical (unpaired) electrons. The van der Waals surface area contributed by atoms with E-state index >= 15 is 0 Å². The van der Waals surface area contributed by atoms with Crippen LogP contribution in [0.3, 0.4) is 0 Å². The largest absolute Gasteiger partial charge is 0.480 e. The van der Waals surface area contributed by atoms with Crippen LogP contribution in [0.15, 0.2) is 0 Å². The molecule has 0 saturated heterocycles. The molecule has 0 spiro atoms. The number of rotatable bonds is 3. The van der Waals surface area contributed by atoms with Crippen molar-refractivity contribution in [1.82, 2.24) is 5.32 Å². The first kappa shape index (κ1) is 10.5. The second kappa shape index (κ2) is 3.27. The lowest BCUT2D eigenvalue weighted by Gasteiger charge is -2.50. The highest BCUT2D eigenvalue weighted by atomic mass is 16.4. The van der Waals surface area contributed by atoms with Gasteiger partial charge in [-0.3, -0.25) is 4.79 Å². The third kappa shape index (κ3) is 1.84. The summed E-state index contributed by atoms with van der Waals surface area (Å²) in [6.07, 6.45) is 0.330. The number of hydrogen-bond donors (Lipinski definition) is 3. The summed E-state index contributed by atoms with van der Waals surface area (Å²) in [6, 6.07) is -0.439. The van der Waals surface area contributed by atoms with Crippen molar-refractivity contribution >= 4 is 5.97 Å². The third-order valence-electron chi connectivity index (χ3n) is 3.04. The molecule has 1 saturated carbocycles. The molecule has 4 nitrogen and oxygen atoms in total. The standard InChI is InChI=1S/C9H17NO3/c1-5(8(12)13)10-6-4-7(11)9(6,2)3/h5-7,10-11H,4H2,1-3H3,(H,12,13). The van der Waals surface area contributed by atoms with Crippen LogP contribution in [-0.4, -0.2) is 34.4 Å². The molecule has 0 bridgehead atoms. The van der Waals surface area contributed by atoms with E-state index in [2.05, 4.69) is 5.32 Å². The molecule has 76 valence electrons. The molecule has 1 fully saturated rings. The highest BCUT2D eigenvalue weighted by Crippen LogP contribution is 2.40. The number of carbonyl (C=O) groups is 1. The van der Waals surface area contributed by atoms with Crippen molar-refractivity contribution in [1.29, 1.82) is 0 Å². The summed E-state index contributed by atoms with van der Waals surface area (Å²) in [5, 5.41) is 21.0. The Kier molecular flexibility index (Phi) is 2.63. The molecule has 3 N–H and O–H groups in total. The maximum atomic E-state index is 10.5. The Balaban J connectivity index is 2.45. The Hall–Kier alpha value is -0.610. The Morgan fingerprint density at radius 2 is 2.15 bits per heavy atom. The number of carboxylic acid groups (broad SMARTS) is 1. The number of hydrogen-bond acceptors (Lipinski definition) is 3. The van der Waals surface area contributed by atoms with Crippen molar-refractivity contribution in [2.45, 2.75) is 45.4 Å². The molecule has 3 atom stereocenters. The van der Waals surface area contributed by atoms with Gasteiger partial charge in [0.05, 0.1) is 6.10 Å². The van der Waals surface area contributed by atoms with Crippen LogP contribution in [0.25, 0.3) is 0 Å². The average molecular weight is 187 g/mol. The van der Waals surface area contributed by atoms with E-state index in [0.29, 0.717) is 6.42 Å². The average Bonchev–Trinajstić information content (AvgIpc) is 2.03. The summed E-state index contributed by atoms with van der Waals surface area (Å²) in [7, 11) is 0. The number of carboxylic acids is 1. The van der Waals surface area contributed by atoms with Gasteiger partial charge in [0, 0.05) is 11.5 Å². The molecule has 0 aromatic carbocycles. The normalized spacial score (nSPS) is 33.5. The highest BCUT2D eigenvalue weighted by Gasteiger charge is 2.47. The van der Waals surface area contributed by atoms with E-state index in [1.54, 1.807) is 6.92 Å². The SMILES string of the molecule is CC(NC1CC(O)C1(C)C)C(=O)O. The Morgan fingerprint density at radius 3 is 2.46 bits per heavy atom. The van der Waals surface area contributed by atoms with Gasteiger partial charge in [-0.2, -0.15) is 0 Å². The Bertz CT molecular complexity index is 215. The summed E-state index contributed by atoms with van der Waals surface area (Å²) in [5.74, 6) is -0.850. The lowest BCUT2D eigenvalue weighted by molar-refractivity contribution is -0.141. The minimum Gasteiger partial charge on any atom is -0.480 e. The summed E-state index contributed by atoms with van der Waals surface area (Å²) >= 11 is 0. The topological polar surface area (TPSA) is 69.6 Å². The van der Waals surface area contributed by atoms with Crippen LogP contribution in [0, 0.1) is 5.41 Å². The van der Waals surface area contributed by atoms with Gasteiger partial charge in [-0.25, -0.2) is 0 Å². The van der Waals surface area contributed by atoms with Crippen LogP contribution >= 0.6 is 0 Å². The molecular weight excluding hydrogens is 170 g/mol. The van der Waals surface area contributed by atoms with E-state index in [1.807, 2.05) is 13.8 Å². The van der Waals surface area contributed by atoms with Crippen LogP contribution in [0.4, 0.5) is 0 Å². The molecule has 0 aromatic rings. The van der Waals surface area contributed by atoms with Gasteiger partial charge in [0.15, 0.2) is 0 Å². The molecular formula is C9H17NO3. The zero-order valence-electron chi connectivity index (χ0n) is 8.24. The van der Waals surface area contributed by atoms with Crippen molar-refractivity contribution < 1.29 is 15.0 Å². The summed E-state index contributed by atoms with van der Waals surface area (Å²) in [4.78, 5) is 10.5. The van der Waals surface area contributed by atoms with E-state index in [4.69, 9.17) is 5.11 Å². The molecule has 0 heterocycles. The molecule has 4 heteroatoms. The summed E-state index contributed by atoms with van der Waals surface area (Å²) in [6.45, 7) is 5.49. The van der Waals surface area contributed by atoms with Gasteiger partial charge >= 0.3 is 5.97 Å². The lowest BCUT2D eigenvalue weighted by Crippen LogP contribution is -2.62. The zero-order valence-corrected chi connectivity index (χ0v) is 8.24. The fraction of sp³-hybridized carbons (Fsp3) is 0.889. The maximum Gasteiger partial charge on any atom is 0.320 e. The maximum absolute atomic E-state index is 10.5. The quantitative estimate of drug-likeness (QED) is 0.590. The number of aliphatic hydroxyl groups excluding tert-OH is 1. The first-order valence-corrected chi connectivity index (χ1v) is 4.52. The number of nitrogens with one attached hydrogen (secondary N) is 1. The lowest BCUT2D eigenvalue weighted by atomic mass is 9.64. The Labute approximate surface area is 78.0 Å². The molecule has 0 aromatic heterocycles. The Morgan fingerprint density at radius 1 is 1.62 bits per heavy atom. The van der Waals surface area contributed by atoms with Gasteiger partial charge in [0.2, 0.25) is 0 Å². The van der Waals surface area contributed by atoms with E-state index in [1.165, 1.54) is 0 Å². The van der Waals surface area contributed by atoms with Crippen LogP contribution < -0.4 is 5.32 Å². The predicted molar refractivity (Wildman–Crippen MR) is 48.4 cm³/mol. The van der Waals surface area contributed by atoms with Gasteiger partial charge in [0.25, 0.3) is 0 Å². The second-order valence-corrected chi connectivity index (χ2v) is 4.35. The number of aliphatic hydroxyl groups is 1. The van der Waals surface area contributed by atoms with Crippen molar-refractivity contribution in [3.8, 4) is 0 Å². The van der Waals surface area contributed by atoms with Gasteiger partial charge < -0.3 is 15.5 Å². The minimum absolute atomic E-state index is 0.105. The molecule has 1 aliphatic carbocycles. The van der Waals surface area contributed by atoms with E-state index in [9.17, 15) is 9.90 Å². The van der Waals surface area contributed by atoms with Crippen molar-refractivity contribution in [2.24, 2.45) is 5.41 Å². The van der Waals surface area contributed by atoms with Crippen molar-refractivity contribution in [2.75, 3.05) is 0 Å². The highest BCUT2D eigenvalue weighted by molar-refractivity contribution is 5.72. The summed E-state index contributed by atoms with van der Waals surface area (Å²) in [5.41, 5.74) is -0.205. The minimum atomic E-state index is -0.850. The molecule has 0 amide bonds. The van der Waals surface area contributed by atoms with Crippen LogP contribution in [0.1, 0.15) is 27.2 Å². The smallest absolute Gasteiger partial charge is 0.320 e. The molecule has 0 aliphatic heterocycles. The number of aliphatic carboxylic acids is 1. The zero-order chi connectivity index (χ0) is 10.2. The first-order valence-electron chi connectivity index (χ1n) is 4.52. The van der Waals surface area contributed by atoms with Gasteiger partial charge in [0.1, 0.15) is 6.04 Å². The first-order chi connectivity index (χ1) is 5.85. The van der Waals surface area contributed by atoms with Crippen molar-refractivity contribution in [3.63, 3.8) is 0 Å². The molecule has 1 rings (SSSR count). The fourth-order valence-electron chi connectivity index (χ4n) is 1.56. The summed E-state index contributed by atoms with van der Waals surface area (Å²) < 4.78 is 0. The van der Waals surface area contributed by atoms with E-state index in [0.717, 1.165) is 0 Å². The molecule has 13 heavy (non-hydrogen) atoms. The monoisotopic (exact) mass is 187 g/mol.